The largest absolute Gasteiger partial charge is 0.494 e. The van der Waals surface area contributed by atoms with E-state index >= 15 is 0 Å². The molecule has 0 unspecified atom stereocenters. The van der Waals surface area contributed by atoms with E-state index in [1.165, 1.54) is 36.8 Å². The molecule has 1 aromatic rings. The van der Waals surface area contributed by atoms with Crippen molar-refractivity contribution in [3.8, 4) is 5.75 Å². The molecule has 0 heterocycles. The summed E-state index contributed by atoms with van der Waals surface area (Å²) >= 11 is 0. The first kappa shape index (κ1) is 19.1. The summed E-state index contributed by atoms with van der Waals surface area (Å²) in [7, 11) is 1.83. The van der Waals surface area contributed by atoms with Gasteiger partial charge in [0, 0.05) is 19.6 Å². The van der Waals surface area contributed by atoms with Gasteiger partial charge in [-0.3, -0.25) is 4.99 Å². The number of aliphatic imine (C=N–C) groups is 1. The molecular formula is C17H28IN3O. The maximum absolute atomic E-state index is 5.57. The Hall–Kier alpha value is -0.980. The van der Waals surface area contributed by atoms with Gasteiger partial charge < -0.3 is 15.4 Å². The number of nitrogens with one attached hydrogen (secondary N) is 2. The van der Waals surface area contributed by atoms with Gasteiger partial charge in [0.05, 0.1) is 6.61 Å². The molecule has 22 heavy (non-hydrogen) atoms. The molecule has 1 aliphatic carbocycles. The summed E-state index contributed by atoms with van der Waals surface area (Å²) in [6.07, 6.45) is 5.16. The molecule has 1 aliphatic rings. The Balaban J connectivity index is 0.00000242. The fraction of sp³-hybridized carbons (Fsp3) is 0.588. The summed E-state index contributed by atoms with van der Waals surface area (Å²) < 4.78 is 5.57. The van der Waals surface area contributed by atoms with Crippen molar-refractivity contribution in [3.63, 3.8) is 0 Å². The van der Waals surface area contributed by atoms with Gasteiger partial charge in [0.1, 0.15) is 5.75 Å². The molecule has 1 saturated carbocycles. The average Bonchev–Trinajstić information content (AvgIpc) is 2.99. The lowest BCUT2D eigenvalue weighted by atomic mass is 10.1. The molecule has 4 nitrogen and oxygen atoms in total. The Bertz CT molecular complexity index is 485. The van der Waals surface area contributed by atoms with Crippen molar-refractivity contribution in [2.45, 2.75) is 52.1 Å². The van der Waals surface area contributed by atoms with Gasteiger partial charge in [-0.05, 0) is 43.9 Å². The number of ether oxygens (including phenoxy) is 1. The molecular weight excluding hydrogens is 389 g/mol. The molecule has 0 saturated heterocycles. The van der Waals surface area contributed by atoms with Gasteiger partial charge in [-0.1, -0.05) is 25.0 Å². The lowest BCUT2D eigenvalue weighted by Gasteiger charge is -2.17. The maximum Gasteiger partial charge on any atom is 0.191 e. The minimum absolute atomic E-state index is 0. The third-order valence-electron chi connectivity index (χ3n) is 3.92. The van der Waals surface area contributed by atoms with Crippen LogP contribution in [0.5, 0.6) is 5.75 Å². The van der Waals surface area contributed by atoms with Crippen LogP contribution in [0.25, 0.3) is 0 Å². The summed E-state index contributed by atoms with van der Waals surface area (Å²) in [5.74, 6) is 1.86. The van der Waals surface area contributed by atoms with Crippen molar-refractivity contribution in [3.05, 3.63) is 29.3 Å². The second-order valence-corrected chi connectivity index (χ2v) is 5.58. The summed E-state index contributed by atoms with van der Waals surface area (Å²) in [4.78, 5) is 4.31. The molecule has 0 bridgehead atoms. The molecule has 124 valence electrons. The summed E-state index contributed by atoms with van der Waals surface area (Å²) in [5.41, 5.74) is 2.42. The molecule has 0 aromatic heterocycles. The van der Waals surface area contributed by atoms with Gasteiger partial charge in [0.25, 0.3) is 0 Å². The van der Waals surface area contributed by atoms with Crippen molar-refractivity contribution in [1.82, 2.24) is 10.6 Å². The maximum atomic E-state index is 5.57. The highest BCUT2D eigenvalue weighted by Crippen LogP contribution is 2.19. The van der Waals surface area contributed by atoms with E-state index in [4.69, 9.17) is 4.74 Å². The Morgan fingerprint density at radius 1 is 1.32 bits per heavy atom. The van der Waals surface area contributed by atoms with E-state index in [0.29, 0.717) is 12.6 Å². The highest BCUT2D eigenvalue weighted by Gasteiger charge is 2.15. The standard InChI is InChI=1S/C17H27N3O.HI/c1-4-21-16-10-9-14(11-13(16)2)12-19-17(18-3)20-15-7-5-6-8-15;/h9-11,15H,4-8,12H2,1-3H3,(H2,18,19,20);1H. The normalized spacial score (nSPS) is 15.3. The molecule has 0 atom stereocenters. The van der Waals surface area contributed by atoms with Crippen LogP contribution in [-0.2, 0) is 6.54 Å². The molecule has 1 fully saturated rings. The minimum Gasteiger partial charge on any atom is -0.494 e. The van der Waals surface area contributed by atoms with Crippen LogP contribution < -0.4 is 15.4 Å². The van der Waals surface area contributed by atoms with Crippen molar-refractivity contribution in [2.75, 3.05) is 13.7 Å². The van der Waals surface area contributed by atoms with Crippen LogP contribution in [0.2, 0.25) is 0 Å². The number of guanidine groups is 1. The van der Waals surface area contributed by atoms with E-state index in [1.807, 2.05) is 20.0 Å². The number of aryl methyl sites for hydroxylation is 1. The number of benzene rings is 1. The lowest BCUT2D eigenvalue weighted by molar-refractivity contribution is 0.338. The molecule has 0 aliphatic heterocycles. The van der Waals surface area contributed by atoms with Crippen molar-refractivity contribution < 1.29 is 4.74 Å². The van der Waals surface area contributed by atoms with E-state index in [2.05, 4.69) is 34.7 Å². The van der Waals surface area contributed by atoms with E-state index in [0.717, 1.165) is 18.3 Å². The monoisotopic (exact) mass is 417 g/mol. The van der Waals surface area contributed by atoms with Crippen molar-refractivity contribution >= 4 is 29.9 Å². The van der Waals surface area contributed by atoms with Crippen LogP contribution in [0.1, 0.15) is 43.7 Å². The molecule has 5 heteroatoms. The van der Waals surface area contributed by atoms with Gasteiger partial charge in [0.15, 0.2) is 5.96 Å². The molecule has 2 rings (SSSR count). The van der Waals surface area contributed by atoms with Crippen LogP contribution in [0, 0.1) is 6.92 Å². The van der Waals surface area contributed by atoms with Crippen LogP contribution in [0.3, 0.4) is 0 Å². The summed E-state index contributed by atoms with van der Waals surface area (Å²) in [5, 5.41) is 6.89. The van der Waals surface area contributed by atoms with Crippen LogP contribution in [0.4, 0.5) is 0 Å². The van der Waals surface area contributed by atoms with E-state index in [1.54, 1.807) is 0 Å². The predicted molar refractivity (Wildman–Crippen MR) is 103 cm³/mol. The fourth-order valence-corrected chi connectivity index (χ4v) is 2.78. The van der Waals surface area contributed by atoms with E-state index in [-0.39, 0.29) is 24.0 Å². The Kier molecular flexibility index (Phi) is 8.60. The highest BCUT2D eigenvalue weighted by molar-refractivity contribution is 14.0. The van der Waals surface area contributed by atoms with Crippen molar-refractivity contribution in [1.29, 1.82) is 0 Å². The average molecular weight is 417 g/mol. The van der Waals surface area contributed by atoms with Gasteiger partial charge in [-0.2, -0.15) is 0 Å². The lowest BCUT2D eigenvalue weighted by Crippen LogP contribution is -2.41. The van der Waals surface area contributed by atoms with E-state index in [9.17, 15) is 0 Å². The van der Waals surface area contributed by atoms with Crippen LogP contribution >= 0.6 is 24.0 Å². The minimum atomic E-state index is 0. The quantitative estimate of drug-likeness (QED) is 0.437. The van der Waals surface area contributed by atoms with Gasteiger partial charge in [-0.25, -0.2) is 0 Å². The zero-order valence-electron chi connectivity index (χ0n) is 13.8. The number of hydrogen-bond donors (Lipinski definition) is 2. The molecule has 0 spiro atoms. The van der Waals surface area contributed by atoms with Gasteiger partial charge >= 0.3 is 0 Å². The topological polar surface area (TPSA) is 45.6 Å². The SMILES string of the molecule is CCOc1ccc(CNC(=NC)NC2CCCC2)cc1C.I. The third-order valence-corrected chi connectivity index (χ3v) is 3.92. The summed E-state index contributed by atoms with van der Waals surface area (Å²) in [6.45, 7) is 5.57. The Morgan fingerprint density at radius 2 is 2.05 bits per heavy atom. The second-order valence-electron chi connectivity index (χ2n) is 5.58. The number of halogens is 1. The predicted octanol–water partition coefficient (Wildman–Crippen LogP) is 3.62. The zero-order chi connectivity index (χ0) is 15.1. The van der Waals surface area contributed by atoms with Crippen LogP contribution in [-0.4, -0.2) is 25.7 Å². The first-order valence-corrected chi connectivity index (χ1v) is 7.92. The summed E-state index contributed by atoms with van der Waals surface area (Å²) in [6, 6.07) is 6.90. The van der Waals surface area contributed by atoms with Crippen LogP contribution in [0.15, 0.2) is 23.2 Å². The molecule has 2 N–H and O–H groups in total. The number of hydrogen-bond acceptors (Lipinski definition) is 2. The van der Waals surface area contributed by atoms with Gasteiger partial charge in [-0.15, -0.1) is 24.0 Å². The second kappa shape index (κ2) is 9.92. The molecule has 1 aromatic carbocycles. The highest BCUT2D eigenvalue weighted by atomic mass is 127. The first-order chi connectivity index (χ1) is 10.2. The Morgan fingerprint density at radius 3 is 2.64 bits per heavy atom. The molecule has 0 radical (unpaired) electrons. The Labute approximate surface area is 151 Å². The molecule has 0 amide bonds. The van der Waals surface area contributed by atoms with Gasteiger partial charge in [0.2, 0.25) is 0 Å². The van der Waals surface area contributed by atoms with E-state index < -0.39 is 0 Å². The smallest absolute Gasteiger partial charge is 0.191 e. The fourth-order valence-electron chi connectivity index (χ4n) is 2.78. The zero-order valence-corrected chi connectivity index (χ0v) is 16.1. The third kappa shape index (κ3) is 5.66. The van der Waals surface area contributed by atoms with Crippen molar-refractivity contribution in [2.24, 2.45) is 4.99 Å². The number of rotatable bonds is 5. The first-order valence-electron chi connectivity index (χ1n) is 7.92. The number of nitrogens with zero attached hydrogens (tertiary/aromatic N) is 1.